The van der Waals surface area contributed by atoms with Crippen LogP contribution in [0, 0.1) is 5.92 Å². The van der Waals surface area contributed by atoms with Gasteiger partial charge in [-0.1, -0.05) is 18.2 Å². The number of nitrogens with zero attached hydrogens (tertiary/aromatic N) is 1. The van der Waals surface area contributed by atoms with E-state index in [1.165, 1.54) is 25.9 Å². The van der Waals surface area contributed by atoms with E-state index in [9.17, 15) is 4.79 Å². The van der Waals surface area contributed by atoms with Crippen molar-refractivity contribution in [3.8, 4) is 5.75 Å². The Kier molecular flexibility index (Phi) is 6.05. The van der Waals surface area contributed by atoms with Gasteiger partial charge in [0.15, 0.2) is 6.10 Å². The van der Waals surface area contributed by atoms with Crippen LogP contribution in [0.15, 0.2) is 30.3 Å². The second kappa shape index (κ2) is 8.03. The van der Waals surface area contributed by atoms with E-state index >= 15 is 0 Å². The Labute approximate surface area is 127 Å². The molecule has 21 heavy (non-hydrogen) atoms. The molecule has 1 aromatic carbocycles. The summed E-state index contributed by atoms with van der Waals surface area (Å²) >= 11 is 0. The van der Waals surface area contributed by atoms with Crippen molar-refractivity contribution in [2.75, 3.05) is 26.7 Å². The van der Waals surface area contributed by atoms with Crippen molar-refractivity contribution in [1.82, 2.24) is 10.2 Å². The minimum Gasteiger partial charge on any atom is -0.481 e. The number of piperidine rings is 1. The van der Waals surface area contributed by atoms with Gasteiger partial charge < -0.3 is 15.0 Å². The first-order valence-corrected chi connectivity index (χ1v) is 7.83. The summed E-state index contributed by atoms with van der Waals surface area (Å²) in [4.78, 5) is 14.4. The molecule has 1 N–H and O–H groups in total. The zero-order valence-corrected chi connectivity index (χ0v) is 13.0. The maximum Gasteiger partial charge on any atom is 0.260 e. The molecule has 0 aromatic heterocycles. The van der Waals surface area contributed by atoms with Gasteiger partial charge in [0.05, 0.1) is 0 Å². The Balaban J connectivity index is 1.65. The minimum absolute atomic E-state index is 0.0354. The molecule has 1 amide bonds. The van der Waals surface area contributed by atoms with Crippen molar-refractivity contribution >= 4 is 5.91 Å². The van der Waals surface area contributed by atoms with Crippen LogP contribution in [-0.4, -0.2) is 43.6 Å². The van der Waals surface area contributed by atoms with E-state index in [0.29, 0.717) is 0 Å². The van der Waals surface area contributed by atoms with Gasteiger partial charge in [-0.25, -0.2) is 0 Å². The van der Waals surface area contributed by atoms with Crippen LogP contribution < -0.4 is 10.1 Å². The molecule has 2 rings (SSSR count). The number of para-hydroxylation sites is 1. The van der Waals surface area contributed by atoms with Crippen LogP contribution in [0.3, 0.4) is 0 Å². The van der Waals surface area contributed by atoms with Gasteiger partial charge in [-0.3, -0.25) is 4.79 Å². The average Bonchev–Trinajstić information content (AvgIpc) is 2.50. The molecular weight excluding hydrogens is 264 g/mol. The van der Waals surface area contributed by atoms with E-state index in [1.54, 1.807) is 6.92 Å². The van der Waals surface area contributed by atoms with Crippen molar-refractivity contribution in [3.05, 3.63) is 30.3 Å². The number of likely N-dealkylation sites (tertiary alicyclic amines) is 1. The maximum absolute atomic E-state index is 12.0. The predicted molar refractivity (Wildman–Crippen MR) is 84.4 cm³/mol. The number of hydrogen-bond acceptors (Lipinski definition) is 3. The van der Waals surface area contributed by atoms with Gasteiger partial charge >= 0.3 is 0 Å². The van der Waals surface area contributed by atoms with Gasteiger partial charge in [0, 0.05) is 6.54 Å². The molecule has 0 unspecified atom stereocenters. The summed E-state index contributed by atoms with van der Waals surface area (Å²) in [5.41, 5.74) is 0. The Morgan fingerprint density at radius 2 is 2.00 bits per heavy atom. The first-order valence-electron chi connectivity index (χ1n) is 7.83. The first-order chi connectivity index (χ1) is 10.1. The maximum atomic E-state index is 12.0. The molecule has 1 atom stereocenters. The fourth-order valence-corrected chi connectivity index (χ4v) is 2.65. The van der Waals surface area contributed by atoms with Crippen molar-refractivity contribution in [2.24, 2.45) is 5.92 Å². The molecule has 0 saturated carbocycles. The van der Waals surface area contributed by atoms with Gasteiger partial charge in [0.2, 0.25) is 0 Å². The summed E-state index contributed by atoms with van der Waals surface area (Å²) in [6, 6.07) is 9.46. The fraction of sp³-hybridized carbons (Fsp3) is 0.588. The van der Waals surface area contributed by atoms with E-state index in [0.717, 1.165) is 24.6 Å². The van der Waals surface area contributed by atoms with Crippen LogP contribution in [0.5, 0.6) is 5.75 Å². The lowest BCUT2D eigenvalue weighted by molar-refractivity contribution is -0.127. The highest BCUT2D eigenvalue weighted by atomic mass is 16.5. The van der Waals surface area contributed by atoms with Crippen LogP contribution in [0.4, 0.5) is 0 Å². The molecule has 0 spiro atoms. The van der Waals surface area contributed by atoms with Crippen molar-refractivity contribution in [1.29, 1.82) is 0 Å². The summed E-state index contributed by atoms with van der Waals surface area (Å²) in [7, 11) is 2.17. The third-order valence-corrected chi connectivity index (χ3v) is 4.12. The lowest BCUT2D eigenvalue weighted by Gasteiger charge is -2.29. The lowest BCUT2D eigenvalue weighted by Crippen LogP contribution is -2.38. The van der Waals surface area contributed by atoms with Crippen molar-refractivity contribution < 1.29 is 9.53 Å². The molecule has 1 fully saturated rings. The van der Waals surface area contributed by atoms with E-state index in [4.69, 9.17) is 4.74 Å². The van der Waals surface area contributed by atoms with Crippen LogP contribution in [0.2, 0.25) is 0 Å². The quantitative estimate of drug-likeness (QED) is 0.874. The van der Waals surface area contributed by atoms with Crippen molar-refractivity contribution in [2.45, 2.75) is 32.3 Å². The number of hydrogen-bond donors (Lipinski definition) is 1. The molecule has 1 aliphatic rings. The Morgan fingerprint density at radius 1 is 1.33 bits per heavy atom. The monoisotopic (exact) mass is 290 g/mol. The second-order valence-corrected chi connectivity index (χ2v) is 5.90. The standard InChI is InChI=1S/C17H26N2O2/c1-14(21-16-6-4-3-5-7-16)17(20)18-11-8-15-9-12-19(2)13-10-15/h3-7,14-15H,8-13H2,1-2H3,(H,18,20)/t14-/m1/s1. The summed E-state index contributed by atoms with van der Waals surface area (Å²) in [6.07, 6.45) is 3.09. The SMILES string of the molecule is C[C@@H](Oc1ccccc1)C(=O)NCCC1CCN(C)CC1. The Morgan fingerprint density at radius 3 is 2.67 bits per heavy atom. The number of rotatable bonds is 6. The molecule has 0 aliphatic carbocycles. The van der Waals surface area contributed by atoms with Gasteiger partial charge in [0.25, 0.3) is 5.91 Å². The predicted octanol–water partition coefficient (Wildman–Crippen LogP) is 2.30. The summed E-state index contributed by atoms with van der Waals surface area (Å²) < 4.78 is 5.61. The van der Waals surface area contributed by atoms with Gasteiger partial charge in [-0.15, -0.1) is 0 Å². The van der Waals surface area contributed by atoms with E-state index in [-0.39, 0.29) is 5.91 Å². The van der Waals surface area contributed by atoms with Gasteiger partial charge in [-0.2, -0.15) is 0 Å². The first kappa shape index (κ1) is 15.8. The molecule has 0 bridgehead atoms. The number of carbonyl (C=O) groups is 1. The van der Waals surface area contributed by atoms with Crippen LogP contribution >= 0.6 is 0 Å². The second-order valence-electron chi connectivity index (χ2n) is 5.90. The Hall–Kier alpha value is -1.55. The highest BCUT2D eigenvalue weighted by Gasteiger charge is 2.18. The van der Waals surface area contributed by atoms with E-state index < -0.39 is 6.10 Å². The molecular formula is C17H26N2O2. The molecule has 1 aromatic rings. The van der Waals surface area contributed by atoms with Crippen molar-refractivity contribution in [3.63, 3.8) is 0 Å². The molecule has 0 radical (unpaired) electrons. The normalized spacial score (nSPS) is 18.2. The summed E-state index contributed by atoms with van der Waals surface area (Å²) in [5, 5.41) is 2.98. The number of nitrogens with one attached hydrogen (secondary N) is 1. The molecule has 116 valence electrons. The average molecular weight is 290 g/mol. The van der Waals surface area contributed by atoms with E-state index in [1.807, 2.05) is 30.3 Å². The van der Waals surface area contributed by atoms with Crippen LogP contribution in [-0.2, 0) is 4.79 Å². The topological polar surface area (TPSA) is 41.6 Å². The number of ether oxygens (including phenoxy) is 1. The highest BCUT2D eigenvalue weighted by molar-refractivity contribution is 5.80. The Bertz CT molecular complexity index is 428. The third kappa shape index (κ3) is 5.38. The fourth-order valence-electron chi connectivity index (χ4n) is 2.65. The highest BCUT2D eigenvalue weighted by Crippen LogP contribution is 2.18. The van der Waals surface area contributed by atoms with E-state index in [2.05, 4.69) is 17.3 Å². The number of amides is 1. The molecule has 1 saturated heterocycles. The summed E-state index contributed by atoms with van der Waals surface area (Å²) in [6.45, 7) is 4.88. The van der Waals surface area contributed by atoms with Crippen LogP contribution in [0.1, 0.15) is 26.2 Å². The zero-order chi connectivity index (χ0) is 15.1. The molecule has 1 heterocycles. The van der Waals surface area contributed by atoms with Gasteiger partial charge in [-0.05, 0) is 64.4 Å². The number of benzene rings is 1. The zero-order valence-electron chi connectivity index (χ0n) is 13.0. The largest absolute Gasteiger partial charge is 0.481 e. The number of carbonyl (C=O) groups excluding carboxylic acids is 1. The lowest BCUT2D eigenvalue weighted by atomic mass is 9.94. The summed E-state index contributed by atoms with van der Waals surface area (Å²) in [5.74, 6) is 1.44. The molecule has 1 aliphatic heterocycles. The third-order valence-electron chi connectivity index (χ3n) is 4.12. The van der Waals surface area contributed by atoms with Gasteiger partial charge in [0.1, 0.15) is 5.75 Å². The smallest absolute Gasteiger partial charge is 0.260 e. The molecule has 4 nitrogen and oxygen atoms in total. The minimum atomic E-state index is -0.454. The van der Waals surface area contributed by atoms with Crippen LogP contribution in [0.25, 0.3) is 0 Å². The molecule has 4 heteroatoms.